The summed E-state index contributed by atoms with van der Waals surface area (Å²) in [5.74, 6) is 0.823. The summed E-state index contributed by atoms with van der Waals surface area (Å²) in [7, 11) is 1.63. The Morgan fingerprint density at radius 3 is 2.62 bits per heavy atom. The number of carbonyl (C=O) groups excluding carboxylic acids is 2. The summed E-state index contributed by atoms with van der Waals surface area (Å²) >= 11 is 0. The van der Waals surface area contributed by atoms with Gasteiger partial charge in [0.05, 0.1) is 13.5 Å². The van der Waals surface area contributed by atoms with Crippen molar-refractivity contribution in [1.82, 2.24) is 5.32 Å². The van der Waals surface area contributed by atoms with Crippen molar-refractivity contribution in [3.8, 4) is 5.75 Å². The quantitative estimate of drug-likeness (QED) is 0.888. The molecule has 0 aliphatic carbocycles. The number of carbonyl (C=O) groups is 2. The van der Waals surface area contributed by atoms with Crippen molar-refractivity contribution < 1.29 is 14.3 Å². The molecule has 1 heterocycles. The lowest BCUT2D eigenvalue weighted by molar-refractivity contribution is -0.120. The van der Waals surface area contributed by atoms with Crippen LogP contribution in [0, 0.1) is 0 Å². The lowest BCUT2D eigenvalue weighted by atomic mass is 9.99. The van der Waals surface area contributed by atoms with Crippen molar-refractivity contribution in [3.63, 3.8) is 0 Å². The van der Waals surface area contributed by atoms with Gasteiger partial charge < -0.3 is 15.4 Å². The highest BCUT2D eigenvalue weighted by molar-refractivity contribution is 5.94. The largest absolute Gasteiger partial charge is 0.497 e. The zero-order valence-electron chi connectivity index (χ0n) is 13.6. The predicted octanol–water partition coefficient (Wildman–Crippen LogP) is 2.44. The van der Waals surface area contributed by atoms with Crippen molar-refractivity contribution in [1.29, 1.82) is 0 Å². The number of ether oxygens (including phenoxy) is 1. The van der Waals surface area contributed by atoms with Gasteiger partial charge >= 0.3 is 0 Å². The third-order valence-electron chi connectivity index (χ3n) is 4.08. The molecule has 1 aliphatic heterocycles. The van der Waals surface area contributed by atoms with E-state index in [0.717, 1.165) is 34.5 Å². The number of nitrogens with one attached hydrogen (secondary N) is 2. The molecule has 0 bridgehead atoms. The molecular formula is C19H20N2O3. The third kappa shape index (κ3) is 3.93. The van der Waals surface area contributed by atoms with Crippen LogP contribution in [0.15, 0.2) is 42.5 Å². The van der Waals surface area contributed by atoms with E-state index >= 15 is 0 Å². The summed E-state index contributed by atoms with van der Waals surface area (Å²) in [6.07, 6.45) is 1.56. The van der Waals surface area contributed by atoms with Crippen LogP contribution in [0.3, 0.4) is 0 Å². The first-order chi connectivity index (χ1) is 11.6. The molecule has 0 spiro atoms. The number of methoxy groups -OCH3 is 1. The van der Waals surface area contributed by atoms with Crippen LogP contribution in [0.1, 0.15) is 23.1 Å². The summed E-state index contributed by atoms with van der Waals surface area (Å²) < 4.78 is 5.11. The Labute approximate surface area is 141 Å². The molecule has 0 fully saturated rings. The Morgan fingerprint density at radius 1 is 1.12 bits per heavy atom. The van der Waals surface area contributed by atoms with Crippen molar-refractivity contribution in [3.05, 3.63) is 59.2 Å². The smallest absolute Gasteiger partial charge is 0.224 e. The topological polar surface area (TPSA) is 67.4 Å². The summed E-state index contributed by atoms with van der Waals surface area (Å²) in [5, 5.41) is 5.77. The number of anilines is 1. The molecule has 5 heteroatoms. The lowest BCUT2D eigenvalue weighted by Gasteiger charge is -2.17. The monoisotopic (exact) mass is 324 g/mol. The Morgan fingerprint density at radius 2 is 1.88 bits per heavy atom. The van der Waals surface area contributed by atoms with E-state index in [1.807, 2.05) is 42.5 Å². The maximum absolute atomic E-state index is 12.1. The summed E-state index contributed by atoms with van der Waals surface area (Å²) in [6, 6.07) is 13.4. The molecule has 0 aromatic heterocycles. The fourth-order valence-electron chi connectivity index (χ4n) is 2.74. The number of fused-ring (bicyclic) bond motifs is 1. The molecule has 1 aliphatic rings. The molecule has 0 saturated carbocycles. The zero-order valence-corrected chi connectivity index (χ0v) is 13.6. The first-order valence-electron chi connectivity index (χ1n) is 7.95. The lowest BCUT2D eigenvalue weighted by Crippen LogP contribution is -2.25. The van der Waals surface area contributed by atoms with Crippen LogP contribution in [-0.2, 0) is 29.0 Å². The van der Waals surface area contributed by atoms with Gasteiger partial charge in [-0.25, -0.2) is 0 Å². The molecule has 3 rings (SSSR count). The maximum Gasteiger partial charge on any atom is 0.224 e. The van der Waals surface area contributed by atoms with Crippen LogP contribution in [0.25, 0.3) is 0 Å². The van der Waals surface area contributed by atoms with Crippen LogP contribution >= 0.6 is 0 Å². The molecule has 0 atom stereocenters. The second-order valence-electron chi connectivity index (χ2n) is 5.84. The highest BCUT2D eigenvalue weighted by Crippen LogP contribution is 2.23. The highest BCUT2D eigenvalue weighted by Gasteiger charge is 2.15. The third-order valence-corrected chi connectivity index (χ3v) is 4.08. The van der Waals surface area contributed by atoms with E-state index in [0.29, 0.717) is 19.4 Å². The van der Waals surface area contributed by atoms with Gasteiger partial charge in [-0.3, -0.25) is 9.59 Å². The Hall–Kier alpha value is -2.82. The van der Waals surface area contributed by atoms with E-state index in [9.17, 15) is 9.59 Å². The van der Waals surface area contributed by atoms with Gasteiger partial charge in [-0.1, -0.05) is 24.3 Å². The molecule has 0 unspecified atom stereocenters. The molecule has 0 radical (unpaired) electrons. The van der Waals surface area contributed by atoms with E-state index in [1.54, 1.807) is 7.11 Å². The number of aryl methyl sites for hydroxylation is 1. The molecule has 2 aromatic carbocycles. The van der Waals surface area contributed by atoms with Crippen molar-refractivity contribution in [2.75, 3.05) is 12.4 Å². The van der Waals surface area contributed by atoms with Crippen LogP contribution in [-0.4, -0.2) is 18.9 Å². The van der Waals surface area contributed by atoms with E-state index in [2.05, 4.69) is 10.6 Å². The molecule has 24 heavy (non-hydrogen) atoms. The number of hydrogen-bond donors (Lipinski definition) is 2. The molecule has 0 saturated heterocycles. The zero-order chi connectivity index (χ0) is 16.9. The second-order valence-corrected chi connectivity index (χ2v) is 5.84. The van der Waals surface area contributed by atoms with Gasteiger partial charge in [0.15, 0.2) is 0 Å². The predicted molar refractivity (Wildman–Crippen MR) is 91.9 cm³/mol. The number of rotatable bonds is 5. The van der Waals surface area contributed by atoms with Gasteiger partial charge in [0, 0.05) is 18.7 Å². The highest BCUT2D eigenvalue weighted by atomic mass is 16.5. The number of amides is 2. The molecule has 2 amide bonds. The number of hydrogen-bond acceptors (Lipinski definition) is 3. The molecule has 2 aromatic rings. The normalized spacial score (nSPS) is 13.0. The van der Waals surface area contributed by atoms with Crippen LogP contribution in [0.2, 0.25) is 0 Å². The van der Waals surface area contributed by atoms with Crippen molar-refractivity contribution in [2.45, 2.75) is 25.8 Å². The minimum atomic E-state index is -0.0226. The van der Waals surface area contributed by atoms with E-state index in [-0.39, 0.29) is 11.8 Å². The Bertz CT molecular complexity index is 754. The molecular weight excluding hydrogens is 304 g/mol. The number of benzene rings is 2. The Balaban J connectivity index is 1.55. The van der Waals surface area contributed by atoms with E-state index < -0.39 is 0 Å². The summed E-state index contributed by atoms with van der Waals surface area (Å²) in [4.78, 5) is 23.5. The fourth-order valence-corrected chi connectivity index (χ4v) is 2.74. The van der Waals surface area contributed by atoms with Gasteiger partial charge in [0.2, 0.25) is 11.8 Å². The van der Waals surface area contributed by atoms with Gasteiger partial charge in [0.1, 0.15) is 5.75 Å². The molecule has 2 N–H and O–H groups in total. The first kappa shape index (κ1) is 16.1. The fraction of sp³-hybridized carbons (Fsp3) is 0.263. The van der Waals surface area contributed by atoms with Crippen LogP contribution in [0.4, 0.5) is 5.69 Å². The maximum atomic E-state index is 12.1. The SMILES string of the molecule is COc1ccc(CNC(=O)Cc2ccc3c(c2)CCC(=O)N3)cc1. The van der Waals surface area contributed by atoms with Gasteiger partial charge in [-0.05, 0) is 41.3 Å². The minimum Gasteiger partial charge on any atom is -0.497 e. The van der Waals surface area contributed by atoms with Gasteiger partial charge in [-0.15, -0.1) is 0 Å². The van der Waals surface area contributed by atoms with Crippen molar-refractivity contribution in [2.24, 2.45) is 0 Å². The Kier molecular flexibility index (Phi) is 4.79. The van der Waals surface area contributed by atoms with E-state index in [1.165, 1.54) is 0 Å². The molecule has 5 nitrogen and oxygen atoms in total. The average molecular weight is 324 g/mol. The summed E-state index contributed by atoms with van der Waals surface area (Å²) in [5.41, 5.74) is 3.93. The average Bonchev–Trinajstić information content (AvgIpc) is 2.60. The first-order valence-corrected chi connectivity index (χ1v) is 7.95. The van der Waals surface area contributed by atoms with Crippen LogP contribution < -0.4 is 15.4 Å². The van der Waals surface area contributed by atoms with Gasteiger partial charge in [0.25, 0.3) is 0 Å². The minimum absolute atomic E-state index is 0.0226. The standard InChI is InChI=1S/C19H20N2O3/c1-24-16-6-2-13(3-7-16)12-20-19(23)11-14-4-8-17-15(10-14)5-9-18(22)21-17/h2-4,6-8,10H,5,9,11-12H2,1H3,(H,20,23)(H,21,22). The molecule has 124 valence electrons. The summed E-state index contributed by atoms with van der Waals surface area (Å²) in [6.45, 7) is 0.490. The van der Waals surface area contributed by atoms with Gasteiger partial charge in [-0.2, -0.15) is 0 Å². The van der Waals surface area contributed by atoms with Crippen molar-refractivity contribution >= 4 is 17.5 Å². The van der Waals surface area contributed by atoms with E-state index in [4.69, 9.17) is 4.74 Å². The van der Waals surface area contributed by atoms with Crippen LogP contribution in [0.5, 0.6) is 5.75 Å². The second kappa shape index (κ2) is 7.17.